The van der Waals surface area contributed by atoms with E-state index < -0.39 is 0 Å². The SMILES string of the molecule is N#Cc1cc(N2CCOCC2)ncn1. The average molecular weight is 190 g/mol. The molecule has 0 amide bonds. The Morgan fingerprint density at radius 3 is 2.86 bits per heavy atom. The van der Waals surface area contributed by atoms with Gasteiger partial charge in [0.15, 0.2) is 0 Å². The summed E-state index contributed by atoms with van der Waals surface area (Å²) in [6, 6.07) is 3.70. The van der Waals surface area contributed by atoms with E-state index in [1.54, 1.807) is 6.07 Å². The Kier molecular flexibility index (Phi) is 2.56. The Balaban J connectivity index is 2.18. The largest absolute Gasteiger partial charge is 0.378 e. The topological polar surface area (TPSA) is 62.0 Å². The van der Waals surface area contributed by atoms with Crippen LogP contribution in [0.25, 0.3) is 0 Å². The molecule has 1 aliphatic rings. The van der Waals surface area contributed by atoms with Gasteiger partial charge in [0.05, 0.1) is 13.2 Å². The van der Waals surface area contributed by atoms with Crippen molar-refractivity contribution >= 4 is 5.82 Å². The molecule has 1 aromatic rings. The third kappa shape index (κ3) is 1.80. The maximum atomic E-state index is 8.68. The summed E-state index contributed by atoms with van der Waals surface area (Å²) >= 11 is 0. The van der Waals surface area contributed by atoms with Crippen molar-refractivity contribution in [2.45, 2.75) is 0 Å². The first kappa shape index (κ1) is 8.91. The fraction of sp³-hybridized carbons (Fsp3) is 0.444. The average Bonchev–Trinajstić information content (AvgIpc) is 2.30. The molecule has 0 aromatic carbocycles. The number of nitriles is 1. The monoisotopic (exact) mass is 190 g/mol. The van der Waals surface area contributed by atoms with Crippen molar-refractivity contribution in [3.8, 4) is 6.07 Å². The van der Waals surface area contributed by atoms with Crippen LogP contribution in [0.3, 0.4) is 0 Å². The standard InChI is InChI=1S/C9H10N4O/c10-6-8-5-9(12-7-11-8)13-1-3-14-4-2-13/h5,7H,1-4H2. The van der Waals surface area contributed by atoms with Crippen LogP contribution in [0.15, 0.2) is 12.4 Å². The van der Waals surface area contributed by atoms with Gasteiger partial charge in [0, 0.05) is 19.2 Å². The molecule has 1 fully saturated rings. The van der Waals surface area contributed by atoms with Crippen molar-refractivity contribution in [3.63, 3.8) is 0 Å². The van der Waals surface area contributed by atoms with Gasteiger partial charge in [-0.25, -0.2) is 9.97 Å². The maximum absolute atomic E-state index is 8.68. The van der Waals surface area contributed by atoms with Crippen LogP contribution >= 0.6 is 0 Å². The molecule has 2 rings (SSSR count). The predicted octanol–water partition coefficient (Wildman–Crippen LogP) is 0.185. The Hall–Kier alpha value is -1.67. The molecule has 0 aliphatic carbocycles. The summed E-state index contributed by atoms with van der Waals surface area (Å²) in [5.74, 6) is 0.805. The molecule has 0 bridgehead atoms. The molecule has 0 saturated carbocycles. The molecule has 5 heteroatoms. The van der Waals surface area contributed by atoms with E-state index in [0.717, 1.165) is 18.9 Å². The van der Waals surface area contributed by atoms with Gasteiger partial charge >= 0.3 is 0 Å². The highest BCUT2D eigenvalue weighted by Crippen LogP contribution is 2.11. The fourth-order valence-electron chi connectivity index (χ4n) is 1.37. The molecule has 72 valence electrons. The lowest BCUT2D eigenvalue weighted by Gasteiger charge is -2.27. The van der Waals surface area contributed by atoms with Gasteiger partial charge in [-0.05, 0) is 0 Å². The van der Waals surface area contributed by atoms with Gasteiger partial charge in [0.1, 0.15) is 23.9 Å². The molecule has 14 heavy (non-hydrogen) atoms. The molecule has 5 nitrogen and oxygen atoms in total. The van der Waals surface area contributed by atoms with E-state index in [1.807, 2.05) is 6.07 Å². The third-order valence-corrected chi connectivity index (χ3v) is 2.10. The zero-order chi connectivity index (χ0) is 9.80. The number of nitrogens with zero attached hydrogens (tertiary/aromatic N) is 4. The van der Waals surface area contributed by atoms with Crippen molar-refractivity contribution in [2.24, 2.45) is 0 Å². The highest BCUT2D eigenvalue weighted by Gasteiger charge is 2.12. The van der Waals surface area contributed by atoms with E-state index >= 15 is 0 Å². The first-order valence-electron chi connectivity index (χ1n) is 4.45. The van der Waals surface area contributed by atoms with Crippen molar-refractivity contribution < 1.29 is 4.74 Å². The second-order valence-electron chi connectivity index (χ2n) is 2.97. The molecule has 2 heterocycles. The minimum atomic E-state index is 0.404. The normalized spacial score (nSPS) is 16.4. The van der Waals surface area contributed by atoms with Gasteiger partial charge in [0.2, 0.25) is 0 Å². The van der Waals surface area contributed by atoms with E-state index in [1.165, 1.54) is 6.33 Å². The molecule has 0 radical (unpaired) electrons. The summed E-state index contributed by atoms with van der Waals surface area (Å²) in [5.41, 5.74) is 0.404. The van der Waals surface area contributed by atoms with Crippen LogP contribution in [0.2, 0.25) is 0 Å². The molecular weight excluding hydrogens is 180 g/mol. The fourth-order valence-corrected chi connectivity index (χ4v) is 1.37. The number of aromatic nitrogens is 2. The number of hydrogen-bond donors (Lipinski definition) is 0. The molecule has 0 atom stereocenters. The van der Waals surface area contributed by atoms with Crippen LogP contribution < -0.4 is 4.90 Å². The van der Waals surface area contributed by atoms with Gasteiger partial charge in [0.25, 0.3) is 0 Å². The Bertz CT molecular complexity index is 354. The molecule has 1 saturated heterocycles. The van der Waals surface area contributed by atoms with Crippen LogP contribution in [0.4, 0.5) is 5.82 Å². The van der Waals surface area contributed by atoms with E-state index in [-0.39, 0.29) is 0 Å². The Morgan fingerprint density at radius 1 is 1.36 bits per heavy atom. The van der Waals surface area contributed by atoms with E-state index in [0.29, 0.717) is 18.9 Å². The Labute approximate surface area is 82.0 Å². The second kappa shape index (κ2) is 4.03. The summed E-state index contributed by atoms with van der Waals surface area (Å²) in [6.07, 6.45) is 1.42. The van der Waals surface area contributed by atoms with E-state index in [4.69, 9.17) is 10.00 Å². The molecule has 0 N–H and O–H groups in total. The van der Waals surface area contributed by atoms with Crippen molar-refractivity contribution in [3.05, 3.63) is 18.1 Å². The summed E-state index contributed by atoms with van der Waals surface area (Å²) in [5, 5.41) is 8.68. The first-order chi connectivity index (χ1) is 6.90. The highest BCUT2D eigenvalue weighted by molar-refractivity contribution is 5.42. The van der Waals surface area contributed by atoms with Crippen LogP contribution in [0.5, 0.6) is 0 Å². The second-order valence-corrected chi connectivity index (χ2v) is 2.97. The van der Waals surface area contributed by atoms with Gasteiger partial charge in [-0.1, -0.05) is 0 Å². The lowest BCUT2D eigenvalue weighted by atomic mass is 10.3. The molecule has 0 unspecified atom stereocenters. The number of anilines is 1. The zero-order valence-corrected chi connectivity index (χ0v) is 7.68. The number of hydrogen-bond acceptors (Lipinski definition) is 5. The molecule has 0 spiro atoms. The van der Waals surface area contributed by atoms with Crippen molar-refractivity contribution in [1.29, 1.82) is 5.26 Å². The van der Waals surface area contributed by atoms with Gasteiger partial charge in [-0.15, -0.1) is 0 Å². The zero-order valence-electron chi connectivity index (χ0n) is 7.68. The van der Waals surface area contributed by atoms with Gasteiger partial charge in [-0.2, -0.15) is 5.26 Å². The van der Waals surface area contributed by atoms with E-state index in [9.17, 15) is 0 Å². The third-order valence-electron chi connectivity index (χ3n) is 2.10. The van der Waals surface area contributed by atoms with Crippen LogP contribution in [-0.4, -0.2) is 36.3 Å². The summed E-state index contributed by atoms with van der Waals surface area (Å²) < 4.78 is 5.23. The lowest BCUT2D eigenvalue weighted by molar-refractivity contribution is 0.122. The lowest BCUT2D eigenvalue weighted by Crippen LogP contribution is -2.36. The van der Waals surface area contributed by atoms with Crippen LogP contribution in [0.1, 0.15) is 5.69 Å². The quantitative estimate of drug-likeness (QED) is 0.632. The predicted molar refractivity (Wildman–Crippen MR) is 49.8 cm³/mol. The molecule has 1 aromatic heterocycles. The van der Waals surface area contributed by atoms with Gasteiger partial charge < -0.3 is 9.64 Å². The molecule has 1 aliphatic heterocycles. The van der Waals surface area contributed by atoms with Crippen LogP contribution in [0, 0.1) is 11.3 Å². The number of rotatable bonds is 1. The summed E-state index contributed by atoms with van der Waals surface area (Å²) in [4.78, 5) is 10.0. The summed E-state index contributed by atoms with van der Waals surface area (Å²) in [6.45, 7) is 3.07. The van der Waals surface area contributed by atoms with Crippen LogP contribution in [-0.2, 0) is 4.74 Å². The molecular formula is C9H10N4O. The van der Waals surface area contributed by atoms with E-state index in [2.05, 4.69) is 14.9 Å². The Morgan fingerprint density at radius 2 is 2.14 bits per heavy atom. The smallest absolute Gasteiger partial charge is 0.145 e. The van der Waals surface area contributed by atoms with Gasteiger partial charge in [-0.3, -0.25) is 0 Å². The minimum absolute atomic E-state index is 0.404. The first-order valence-corrected chi connectivity index (χ1v) is 4.45. The van der Waals surface area contributed by atoms with Crippen molar-refractivity contribution in [1.82, 2.24) is 9.97 Å². The number of ether oxygens (including phenoxy) is 1. The number of morpholine rings is 1. The summed E-state index contributed by atoms with van der Waals surface area (Å²) in [7, 11) is 0. The minimum Gasteiger partial charge on any atom is -0.378 e. The van der Waals surface area contributed by atoms with Crippen molar-refractivity contribution in [2.75, 3.05) is 31.2 Å². The maximum Gasteiger partial charge on any atom is 0.145 e. The highest BCUT2D eigenvalue weighted by atomic mass is 16.5.